The number of hydrogen-bond donors (Lipinski definition) is 0. The van der Waals surface area contributed by atoms with Crippen LogP contribution in [0.4, 0.5) is 0 Å². The highest BCUT2D eigenvalue weighted by atomic mass is 35.5. The van der Waals surface area contributed by atoms with Crippen LogP contribution in [-0.4, -0.2) is 44.2 Å². The Morgan fingerprint density at radius 3 is 2.55 bits per heavy atom. The van der Waals surface area contributed by atoms with Gasteiger partial charge in [-0.05, 0) is 23.6 Å². The van der Waals surface area contributed by atoms with E-state index in [0.717, 1.165) is 5.56 Å². The van der Waals surface area contributed by atoms with Gasteiger partial charge in [-0.25, -0.2) is 0 Å². The molecule has 1 saturated heterocycles. The lowest BCUT2D eigenvalue weighted by molar-refractivity contribution is 0.0302. The highest BCUT2D eigenvalue weighted by Crippen LogP contribution is 2.32. The average molecular weight is 298 g/mol. The van der Waals surface area contributed by atoms with Gasteiger partial charge in [-0.1, -0.05) is 25.4 Å². The third-order valence-electron chi connectivity index (χ3n) is 3.47. The normalized spacial score (nSPS) is 15.6. The number of rotatable bonds is 3. The lowest BCUT2D eigenvalue weighted by Gasteiger charge is -2.28. The second kappa shape index (κ2) is 6.46. The molecular weight excluding hydrogens is 278 g/mol. The van der Waals surface area contributed by atoms with Gasteiger partial charge in [0.2, 0.25) is 0 Å². The number of halogens is 1. The molecule has 5 heteroatoms. The second-order valence-electron chi connectivity index (χ2n) is 5.13. The Labute approximate surface area is 124 Å². The number of ether oxygens (including phenoxy) is 2. The Balaban J connectivity index is 2.38. The van der Waals surface area contributed by atoms with Crippen molar-refractivity contribution in [2.24, 2.45) is 0 Å². The van der Waals surface area contributed by atoms with Gasteiger partial charge in [0.1, 0.15) is 5.75 Å². The molecule has 0 aromatic heterocycles. The van der Waals surface area contributed by atoms with Crippen LogP contribution in [0.15, 0.2) is 12.1 Å². The quantitative estimate of drug-likeness (QED) is 0.861. The predicted octanol–water partition coefficient (Wildman–Crippen LogP) is 2.94. The summed E-state index contributed by atoms with van der Waals surface area (Å²) in [5.41, 5.74) is 1.62. The standard InChI is InChI=1S/C15H20ClNO3/c1-10(2)11-9-14(19-3)13(16)8-12(11)15(18)17-4-6-20-7-5-17/h8-10H,4-7H2,1-3H3. The average Bonchev–Trinajstić information content (AvgIpc) is 2.46. The summed E-state index contributed by atoms with van der Waals surface area (Å²) < 4.78 is 10.5. The van der Waals surface area contributed by atoms with Gasteiger partial charge < -0.3 is 14.4 Å². The molecule has 0 radical (unpaired) electrons. The van der Waals surface area contributed by atoms with E-state index in [4.69, 9.17) is 21.1 Å². The molecule has 1 fully saturated rings. The molecule has 0 unspecified atom stereocenters. The van der Waals surface area contributed by atoms with Crippen molar-refractivity contribution in [3.8, 4) is 5.75 Å². The van der Waals surface area contributed by atoms with Gasteiger partial charge >= 0.3 is 0 Å². The molecule has 2 rings (SSSR count). The molecule has 1 heterocycles. The first kappa shape index (κ1) is 15.1. The SMILES string of the molecule is COc1cc(C(C)C)c(C(=O)N2CCOCC2)cc1Cl. The number of methoxy groups -OCH3 is 1. The lowest BCUT2D eigenvalue weighted by atomic mass is 9.96. The van der Waals surface area contributed by atoms with Crippen molar-refractivity contribution in [1.29, 1.82) is 0 Å². The van der Waals surface area contributed by atoms with E-state index in [9.17, 15) is 4.79 Å². The summed E-state index contributed by atoms with van der Waals surface area (Å²) in [4.78, 5) is 14.5. The molecule has 0 atom stereocenters. The maximum Gasteiger partial charge on any atom is 0.254 e. The molecule has 110 valence electrons. The van der Waals surface area contributed by atoms with Gasteiger partial charge in [0, 0.05) is 18.7 Å². The van der Waals surface area contributed by atoms with Crippen molar-refractivity contribution in [1.82, 2.24) is 4.90 Å². The molecule has 1 aliphatic rings. The van der Waals surface area contributed by atoms with E-state index in [2.05, 4.69) is 13.8 Å². The van der Waals surface area contributed by atoms with Gasteiger partial charge in [0.25, 0.3) is 5.91 Å². The van der Waals surface area contributed by atoms with Crippen LogP contribution in [0, 0.1) is 0 Å². The van der Waals surface area contributed by atoms with Crippen molar-refractivity contribution >= 4 is 17.5 Å². The van der Waals surface area contributed by atoms with Crippen LogP contribution < -0.4 is 4.74 Å². The first-order valence-electron chi connectivity index (χ1n) is 6.79. The lowest BCUT2D eigenvalue weighted by Crippen LogP contribution is -2.41. The van der Waals surface area contributed by atoms with Crippen molar-refractivity contribution in [3.63, 3.8) is 0 Å². The molecule has 0 spiro atoms. The van der Waals surface area contributed by atoms with Gasteiger partial charge in [-0.15, -0.1) is 0 Å². The van der Waals surface area contributed by atoms with Crippen molar-refractivity contribution in [3.05, 3.63) is 28.3 Å². The maximum atomic E-state index is 12.6. The number of nitrogens with zero attached hydrogens (tertiary/aromatic N) is 1. The maximum absolute atomic E-state index is 12.6. The van der Waals surface area contributed by atoms with Crippen LogP contribution in [0.5, 0.6) is 5.75 Å². The zero-order valence-corrected chi connectivity index (χ0v) is 12.9. The fraction of sp³-hybridized carbons (Fsp3) is 0.533. The highest BCUT2D eigenvalue weighted by Gasteiger charge is 2.23. The Morgan fingerprint density at radius 1 is 1.35 bits per heavy atom. The molecule has 1 aromatic carbocycles. The molecule has 0 saturated carbocycles. The predicted molar refractivity (Wildman–Crippen MR) is 78.8 cm³/mol. The topological polar surface area (TPSA) is 38.8 Å². The highest BCUT2D eigenvalue weighted by molar-refractivity contribution is 6.32. The van der Waals surface area contributed by atoms with Gasteiger partial charge in [0.15, 0.2) is 0 Å². The second-order valence-corrected chi connectivity index (χ2v) is 5.54. The third-order valence-corrected chi connectivity index (χ3v) is 3.77. The zero-order valence-electron chi connectivity index (χ0n) is 12.1. The van der Waals surface area contributed by atoms with Gasteiger partial charge in [-0.3, -0.25) is 4.79 Å². The number of morpholine rings is 1. The summed E-state index contributed by atoms with van der Waals surface area (Å²) in [5.74, 6) is 0.844. The third kappa shape index (κ3) is 3.07. The monoisotopic (exact) mass is 297 g/mol. The minimum atomic E-state index is 0.0153. The smallest absolute Gasteiger partial charge is 0.254 e. The molecular formula is C15H20ClNO3. The van der Waals surface area contributed by atoms with Crippen LogP contribution in [0.1, 0.15) is 35.7 Å². The van der Waals surface area contributed by atoms with Crippen molar-refractivity contribution < 1.29 is 14.3 Å². The van der Waals surface area contributed by atoms with E-state index < -0.39 is 0 Å². The summed E-state index contributed by atoms with van der Waals surface area (Å²) in [6.07, 6.45) is 0. The van der Waals surface area contributed by atoms with E-state index in [0.29, 0.717) is 42.6 Å². The summed E-state index contributed by atoms with van der Waals surface area (Å²) in [6, 6.07) is 3.58. The molecule has 0 bridgehead atoms. The summed E-state index contributed by atoms with van der Waals surface area (Å²) >= 11 is 6.17. The zero-order chi connectivity index (χ0) is 14.7. The molecule has 1 amide bonds. The van der Waals surface area contributed by atoms with Crippen molar-refractivity contribution in [2.45, 2.75) is 19.8 Å². The van der Waals surface area contributed by atoms with E-state index in [1.165, 1.54) is 0 Å². The van der Waals surface area contributed by atoms with Gasteiger partial charge in [0.05, 0.1) is 25.3 Å². The molecule has 1 aromatic rings. The van der Waals surface area contributed by atoms with E-state index in [1.54, 1.807) is 13.2 Å². The van der Waals surface area contributed by atoms with Crippen LogP contribution >= 0.6 is 11.6 Å². The molecule has 20 heavy (non-hydrogen) atoms. The first-order chi connectivity index (χ1) is 9.54. The van der Waals surface area contributed by atoms with E-state index >= 15 is 0 Å². The number of hydrogen-bond acceptors (Lipinski definition) is 3. The molecule has 0 N–H and O–H groups in total. The minimum Gasteiger partial charge on any atom is -0.495 e. The van der Waals surface area contributed by atoms with Gasteiger partial charge in [-0.2, -0.15) is 0 Å². The summed E-state index contributed by atoms with van der Waals surface area (Å²) in [5, 5.41) is 0.466. The van der Waals surface area contributed by atoms with Crippen LogP contribution in [0.3, 0.4) is 0 Å². The van der Waals surface area contributed by atoms with E-state index in [1.807, 2.05) is 11.0 Å². The summed E-state index contributed by atoms with van der Waals surface area (Å²) in [6.45, 7) is 6.54. The Morgan fingerprint density at radius 2 is 2.00 bits per heavy atom. The summed E-state index contributed by atoms with van der Waals surface area (Å²) in [7, 11) is 1.58. The van der Waals surface area contributed by atoms with Crippen LogP contribution in [0.25, 0.3) is 0 Å². The fourth-order valence-electron chi connectivity index (χ4n) is 2.33. The minimum absolute atomic E-state index is 0.0153. The Hall–Kier alpha value is -1.26. The van der Waals surface area contributed by atoms with Crippen molar-refractivity contribution in [2.75, 3.05) is 33.4 Å². The van der Waals surface area contributed by atoms with Crippen LogP contribution in [0.2, 0.25) is 5.02 Å². The van der Waals surface area contributed by atoms with E-state index in [-0.39, 0.29) is 11.8 Å². The van der Waals surface area contributed by atoms with Crippen LogP contribution in [-0.2, 0) is 4.74 Å². The fourth-order valence-corrected chi connectivity index (χ4v) is 2.57. The number of amides is 1. The largest absolute Gasteiger partial charge is 0.495 e. The first-order valence-corrected chi connectivity index (χ1v) is 7.16. The molecule has 0 aliphatic carbocycles. The molecule has 1 aliphatic heterocycles. The molecule has 4 nitrogen and oxygen atoms in total. The Bertz CT molecular complexity index is 496. The Kier molecular flexibility index (Phi) is 4.89. The number of benzene rings is 1. The number of carbonyl (C=O) groups is 1. The number of carbonyl (C=O) groups excluding carboxylic acids is 1.